The van der Waals surface area contributed by atoms with Gasteiger partial charge >= 0.3 is 0 Å². The summed E-state index contributed by atoms with van der Waals surface area (Å²) in [5, 5.41) is 0. The van der Waals surface area contributed by atoms with Crippen molar-refractivity contribution in [2.75, 3.05) is 0 Å². The third kappa shape index (κ3) is 6.34. The Labute approximate surface area is 246 Å². The van der Waals surface area contributed by atoms with Gasteiger partial charge in [0.2, 0.25) is 0 Å². The Bertz CT molecular complexity index is 853. The molecule has 0 aromatic rings. The van der Waals surface area contributed by atoms with Crippen molar-refractivity contribution in [2.45, 2.75) is 159 Å². The topological polar surface area (TPSA) is 0 Å². The molecule has 11 unspecified atom stereocenters. The average molecular weight is 537 g/mol. The second kappa shape index (κ2) is 12.4. The zero-order chi connectivity index (χ0) is 28.6. The highest BCUT2D eigenvalue weighted by Gasteiger charge is 2.85. The molecule has 0 amide bonds. The molecule has 0 heteroatoms. The molecule has 4 aliphatic carbocycles. The van der Waals surface area contributed by atoms with E-state index in [1.54, 1.807) is 0 Å². The zero-order valence-electron chi connectivity index (χ0n) is 28.2. The van der Waals surface area contributed by atoms with Gasteiger partial charge in [0.05, 0.1) is 0 Å². The maximum atomic E-state index is 3.73. The smallest absolute Gasteiger partial charge is 0.0237 e. The Balaban J connectivity index is 1.32. The SMILES string of the molecule is CCCC(C(C)CC(CC(C)CC)C(C)C)C(C)C1(C)CC12CC2(C)C(C)C1CC1C#CCCCC1CCC1. The summed E-state index contributed by atoms with van der Waals surface area (Å²) in [5.41, 5.74) is 1.77. The van der Waals surface area contributed by atoms with E-state index in [9.17, 15) is 0 Å². The molecule has 0 heterocycles. The van der Waals surface area contributed by atoms with Crippen molar-refractivity contribution < 1.29 is 0 Å². The van der Waals surface area contributed by atoms with Gasteiger partial charge in [0.15, 0.2) is 0 Å². The molecule has 4 rings (SSSR count). The Morgan fingerprint density at radius 2 is 1.59 bits per heavy atom. The van der Waals surface area contributed by atoms with Crippen LogP contribution in [0.5, 0.6) is 0 Å². The van der Waals surface area contributed by atoms with Gasteiger partial charge in [0, 0.05) is 12.3 Å². The molecule has 0 aromatic heterocycles. The molecular weight excluding hydrogens is 468 g/mol. The van der Waals surface area contributed by atoms with Crippen molar-refractivity contribution in [2.24, 2.45) is 75.4 Å². The lowest BCUT2D eigenvalue weighted by molar-refractivity contribution is 0.113. The monoisotopic (exact) mass is 537 g/mol. The third-order valence-electron chi connectivity index (χ3n) is 14.2. The van der Waals surface area contributed by atoms with Gasteiger partial charge in [-0.25, -0.2) is 0 Å². The van der Waals surface area contributed by atoms with Gasteiger partial charge in [-0.05, 0) is 114 Å². The van der Waals surface area contributed by atoms with Crippen LogP contribution in [0.2, 0.25) is 0 Å². The van der Waals surface area contributed by atoms with Gasteiger partial charge in [0.25, 0.3) is 0 Å². The fourth-order valence-corrected chi connectivity index (χ4v) is 10.2. The van der Waals surface area contributed by atoms with Gasteiger partial charge in [0.1, 0.15) is 0 Å². The maximum Gasteiger partial charge on any atom is 0.0237 e. The largest absolute Gasteiger partial charge is 0.103 e. The molecule has 4 fully saturated rings. The first-order valence-electron chi connectivity index (χ1n) is 17.9. The summed E-state index contributed by atoms with van der Waals surface area (Å²) in [6.45, 7) is 25.6. The highest BCUT2D eigenvalue weighted by molar-refractivity contribution is 5.34. The first kappa shape index (κ1) is 31.5. The van der Waals surface area contributed by atoms with Crippen LogP contribution in [0.1, 0.15) is 159 Å². The predicted molar refractivity (Wildman–Crippen MR) is 171 cm³/mol. The van der Waals surface area contributed by atoms with Crippen molar-refractivity contribution in [1.29, 1.82) is 0 Å². The highest BCUT2D eigenvalue weighted by Crippen LogP contribution is 2.92. The van der Waals surface area contributed by atoms with Crippen LogP contribution in [-0.2, 0) is 0 Å². The Hall–Kier alpha value is -0.440. The molecule has 0 saturated heterocycles. The summed E-state index contributed by atoms with van der Waals surface area (Å²) in [7, 11) is 0. The minimum atomic E-state index is 0.561. The molecule has 0 aromatic carbocycles. The van der Waals surface area contributed by atoms with E-state index in [0.717, 1.165) is 59.7 Å². The van der Waals surface area contributed by atoms with E-state index < -0.39 is 0 Å². The fraction of sp³-hybridized carbons (Fsp3) is 0.949. The molecule has 11 atom stereocenters. The Morgan fingerprint density at radius 3 is 2.18 bits per heavy atom. The quantitative estimate of drug-likeness (QED) is 0.136. The van der Waals surface area contributed by atoms with Gasteiger partial charge in [-0.1, -0.05) is 114 Å². The predicted octanol–water partition coefficient (Wildman–Crippen LogP) is 11.8. The minimum absolute atomic E-state index is 0.561. The van der Waals surface area contributed by atoms with E-state index in [-0.39, 0.29) is 0 Å². The van der Waals surface area contributed by atoms with E-state index in [4.69, 9.17) is 0 Å². The summed E-state index contributed by atoms with van der Waals surface area (Å²) in [5.74, 6) is 16.0. The Kier molecular flexibility index (Phi) is 10.0. The van der Waals surface area contributed by atoms with Gasteiger partial charge in [-0.15, -0.1) is 5.92 Å². The molecular formula is C39H68. The van der Waals surface area contributed by atoms with Gasteiger partial charge in [-0.3, -0.25) is 0 Å². The number of rotatable bonds is 16. The molecule has 0 radical (unpaired) electrons. The molecule has 0 N–H and O–H groups in total. The molecule has 1 spiro atoms. The van der Waals surface area contributed by atoms with Crippen molar-refractivity contribution in [3.8, 4) is 11.8 Å². The van der Waals surface area contributed by atoms with Crippen LogP contribution in [0.25, 0.3) is 0 Å². The summed E-state index contributed by atoms with van der Waals surface area (Å²) in [4.78, 5) is 0. The Morgan fingerprint density at radius 1 is 0.897 bits per heavy atom. The molecule has 4 aliphatic rings. The number of hydrogen-bond acceptors (Lipinski definition) is 0. The van der Waals surface area contributed by atoms with Crippen molar-refractivity contribution >= 4 is 0 Å². The van der Waals surface area contributed by atoms with Crippen molar-refractivity contribution in [3.63, 3.8) is 0 Å². The average Bonchev–Trinajstić information content (AvgIpc) is 3.81. The molecule has 0 nitrogen and oxygen atoms in total. The lowest BCUT2D eigenvalue weighted by Gasteiger charge is -2.38. The molecule has 224 valence electrons. The second-order valence-electron chi connectivity index (χ2n) is 16.8. The van der Waals surface area contributed by atoms with Gasteiger partial charge in [-0.2, -0.15) is 0 Å². The van der Waals surface area contributed by atoms with E-state index in [1.807, 2.05) is 0 Å². The minimum Gasteiger partial charge on any atom is -0.103 e. The van der Waals surface area contributed by atoms with Crippen LogP contribution in [0.3, 0.4) is 0 Å². The highest BCUT2D eigenvalue weighted by atomic mass is 14.9. The van der Waals surface area contributed by atoms with Crippen LogP contribution in [0, 0.1) is 87.3 Å². The summed E-state index contributed by atoms with van der Waals surface area (Å²) < 4.78 is 0. The van der Waals surface area contributed by atoms with Crippen molar-refractivity contribution in [1.82, 2.24) is 0 Å². The van der Waals surface area contributed by atoms with E-state index in [2.05, 4.69) is 81.1 Å². The molecule has 0 aliphatic heterocycles. The number of unbranched alkanes of at least 4 members (excludes halogenated alkanes) is 1. The van der Waals surface area contributed by atoms with Crippen molar-refractivity contribution in [3.05, 3.63) is 0 Å². The van der Waals surface area contributed by atoms with E-state index in [0.29, 0.717) is 22.2 Å². The van der Waals surface area contributed by atoms with Crippen LogP contribution < -0.4 is 0 Å². The molecule has 4 saturated carbocycles. The number of hydrogen-bond donors (Lipinski definition) is 0. The third-order valence-corrected chi connectivity index (χ3v) is 14.2. The molecule has 39 heavy (non-hydrogen) atoms. The first-order valence-corrected chi connectivity index (χ1v) is 17.9. The lowest BCUT2D eigenvalue weighted by atomic mass is 9.67. The maximum absolute atomic E-state index is 3.73. The van der Waals surface area contributed by atoms with Crippen LogP contribution in [0.15, 0.2) is 0 Å². The summed E-state index contributed by atoms with van der Waals surface area (Å²) in [6, 6.07) is 0. The zero-order valence-corrected chi connectivity index (χ0v) is 28.2. The summed E-state index contributed by atoms with van der Waals surface area (Å²) >= 11 is 0. The lowest BCUT2D eigenvalue weighted by Crippen LogP contribution is -2.30. The standard InChI is InChI=1S/C39H68/c1-11-17-35(29(6)23-34(27(3)4)22-28(5)12-2)30(7)37(9)25-39(37)26-38(39,10)31(8)36-24-33(36)21-15-13-14-18-32-19-16-20-32/h27-36H,11-14,16-20,22-26H2,1-10H3. The van der Waals surface area contributed by atoms with Gasteiger partial charge < -0.3 is 0 Å². The van der Waals surface area contributed by atoms with Crippen LogP contribution in [0.4, 0.5) is 0 Å². The second-order valence-corrected chi connectivity index (χ2v) is 16.8. The normalized spacial score (nSPS) is 37.8. The first-order chi connectivity index (χ1) is 18.4. The van der Waals surface area contributed by atoms with E-state index >= 15 is 0 Å². The van der Waals surface area contributed by atoms with Crippen LogP contribution >= 0.6 is 0 Å². The summed E-state index contributed by atoms with van der Waals surface area (Å²) in [6.07, 6.45) is 19.7. The van der Waals surface area contributed by atoms with Crippen LogP contribution in [-0.4, -0.2) is 0 Å². The fourth-order valence-electron chi connectivity index (χ4n) is 10.2. The van der Waals surface area contributed by atoms with E-state index in [1.165, 1.54) is 83.5 Å². The molecule has 0 bridgehead atoms.